The molecular formula is C16H28N4O3. The summed E-state index contributed by atoms with van der Waals surface area (Å²) in [7, 11) is 1.86. The van der Waals surface area contributed by atoms with E-state index >= 15 is 0 Å². The lowest BCUT2D eigenvalue weighted by molar-refractivity contribution is -0.139. The fourth-order valence-corrected chi connectivity index (χ4v) is 3.73. The quantitative estimate of drug-likeness (QED) is 0.737. The van der Waals surface area contributed by atoms with Gasteiger partial charge in [-0.05, 0) is 19.8 Å². The van der Waals surface area contributed by atoms with Gasteiger partial charge in [-0.1, -0.05) is 0 Å². The minimum Gasteiger partial charge on any atom is -0.375 e. The van der Waals surface area contributed by atoms with Gasteiger partial charge in [-0.3, -0.25) is 9.69 Å². The van der Waals surface area contributed by atoms with Gasteiger partial charge in [0.05, 0.1) is 19.3 Å². The minimum absolute atomic E-state index is 0.136. The van der Waals surface area contributed by atoms with E-state index in [0.29, 0.717) is 32.3 Å². The summed E-state index contributed by atoms with van der Waals surface area (Å²) in [6.07, 6.45) is 2.07. The molecule has 0 aromatic rings. The smallest absolute Gasteiger partial charge is 0.320 e. The average molecular weight is 324 g/mol. The predicted octanol–water partition coefficient (Wildman–Crippen LogP) is 0.0655. The zero-order valence-electron chi connectivity index (χ0n) is 14.2. The Labute approximate surface area is 138 Å². The van der Waals surface area contributed by atoms with E-state index in [1.54, 1.807) is 4.90 Å². The van der Waals surface area contributed by atoms with Gasteiger partial charge >= 0.3 is 6.03 Å². The van der Waals surface area contributed by atoms with E-state index in [2.05, 4.69) is 4.90 Å². The highest BCUT2D eigenvalue weighted by Crippen LogP contribution is 2.20. The molecule has 0 saturated carbocycles. The highest BCUT2D eigenvalue weighted by atomic mass is 16.5. The van der Waals surface area contributed by atoms with E-state index < -0.39 is 0 Å². The molecule has 0 aliphatic carbocycles. The molecule has 3 fully saturated rings. The van der Waals surface area contributed by atoms with Crippen molar-refractivity contribution in [1.29, 1.82) is 0 Å². The Hall–Kier alpha value is -1.34. The van der Waals surface area contributed by atoms with Crippen LogP contribution in [0, 0.1) is 0 Å². The SMILES string of the molecule is C[C@@H]1CN(C(=O)CN2CCC(N3CCN(C)C3=O)CC2)CCO1. The molecule has 3 saturated heterocycles. The van der Waals surface area contributed by atoms with Crippen LogP contribution in [0.25, 0.3) is 0 Å². The Balaban J connectivity index is 1.44. The molecule has 1 atom stereocenters. The molecule has 0 N–H and O–H groups in total. The Bertz CT molecular complexity index is 451. The summed E-state index contributed by atoms with van der Waals surface area (Å²) in [6, 6.07) is 0.490. The molecule has 3 aliphatic heterocycles. The van der Waals surface area contributed by atoms with Crippen LogP contribution in [-0.4, -0.2) is 103 Å². The number of ether oxygens (including phenoxy) is 1. The van der Waals surface area contributed by atoms with Crippen LogP contribution in [0.2, 0.25) is 0 Å². The predicted molar refractivity (Wildman–Crippen MR) is 86.2 cm³/mol. The molecule has 0 aromatic carbocycles. The first-order chi connectivity index (χ1) is 11.0. The number of piperidine rings is 1. The number of hydrogen-bond donors (Lipinski definition) is 0. The summed E-state index contributed by atoms with van der Waals surface area (Å²) < 4.78 is 5.49. The summed E-state index contributed by atoms with van der Waals surface area (Å²) in [4.78, 5) is 32.4. The zero-order valence-corrected chi connectivity index (χ0v) is 14.2. The Morgan fingerprint density at radius 2 is 1.91 bits per heavy atom. The van der Waals surface area contributed by atoms with Gasteiger partial charge in [-0.2, -0.15) is 0 Å². The molecule has 0 aromatic heterocycles. The van der Waals surface area contributed by atoms with Gasteiger partial charge in [0, 0.05) is 52.4 Å². The summed E-state index contributed by atoms with van der Waals surface area (Å²) in [6.45, 7) is 7.99. The Kier molecular flexibility index (Phi) is 5.06. The maximum absolute atomic E-state index is 12.4. The van der Waals surface area contributed by atoms with Crippen molar-refractivity contribution in [1.82, 2.24) is 19.6 Å². The first-order valence-electron chi connectivity index (χ1n) is 8.68. The van der Waals surface area contributed by atoms with Crippen molar-refractivity contribution in [3.8, 4) is 0 Å². The maximum atomic E-state index is 12.4. The minimum atomic E-state index is 0.136. The molecule has 130 valence electrons. The number of likely N-dealkylation sites (N-methyl/N-ethyl adjacent to an activating group) is 1. The van der Waals surface area contributed by atoms with Crippen LogP contribution in [-0.2, 0) is 9.53 Å². The summed E-state index contributed by atoms with van der Waals surface area (Å²) in [5.74, 6) is 0.204. The zero-order chi connectivity index (χ0) is 16.4. The monoisotopic (exact) mass is 324 g/mol. The van der Waals surface area contributed by atoms with Gasteiger partial charge < -0.3 is 19.4 Å². The number of carbonyl (C=O) groups is 2. The number of likely N-dealkylation sites (tertiary alicyclic amines) is 1. The van der Waals surface area contributed by atoms with Crippen molar-refractivity contribution in [2.75, 3.05) is 59.5 Å². The lowest BCUT2D eigenvalue weighted by Crippen LogP contribution is -2.51. The number of amides is 3. The summed E-state index contributed by atoms with van der Waals surface area (Å²) in [5, 5.41) is 0. The largest absolute Gasteiger partial charge is 0.375 e. The van der Waals surface area contributed by atoms with E-state index in [9.17, 15) is 9.59 Å². The van der Waals surface area contributed by atoms with Crippen LogP contribution in [0.4, 0.5) is 4.79 Å². The van der Waals surface area contributed by atoms with Crippen molar-refractivity contribution < 1.29 is 14.3 Å². The van der Waals surface area contributed by atoms with E-state index in [0.717, 1.165) is 39.0 Å². The van der Waals surface area contributed by atoms with Crippen LogP contribution >= 0.6 is 0 Å². The van der Waals surface area contributed by atoms with E-state index in [1.807, 2.05) is 23.8 Å². The fraction of sp³-hybridized carbons (Fsp3) is 0.875. The van der Waals surface area contributed by atoms with E-state index in [4.69, 9.17) is 4.74 Å². The van der Waals surface area contributed by atoms with Crippen LogP contribution in [0.1, 0.15) is 19.8 Å². The van der Waals surface area contributed by atoms with Gasteiger partial charge in [0.2, 0.25) is 5.91 Å². The summed E-state index contributed by atoms with van der Waals surface area (Å²) >= 11 is 0. The Morgan fingerprint density at radius 1 is 1.17 bits per heavy atom. The molecule has 3 aliphatic rings. The van der Waals surface area contributed by atoms with Crippen LogP contribution < -0.4 is 0 Å². The second-order valence-electron chi connectivity index (χ2n) is 6.93. The normalized spacial score (nSPS) is 27.8. The van der Waals surface area contributed by atoms with Gasteiger partial charge in [0.15, 0.2) is 0 Å². The number of carbonyl (C=O) groups excluding carboxylic acids is 2. The number of hydrogen-bond acceptors (Lipinski definition) is 4. The maximum Gasteiger partial charge on any atom is 0.320 e. The number of rotatable bonds is 3. The van der Waals surface area contributed by atoms with Crippen LogP contribution in [0.15, 0.2) is 0 Å². The molecule has 7 nitrogen and oxygen atoms in total. The molecular weight excluding hydrogens is 296 g/mol. The van der Waals surface area contributed by atoms with Crippen molar-refractivity contribution in [2.24, 2.45) is 0 Å². The molecule has 3 rings (SSSR count). The molecule has 0 spiro atoms. The Morgan fingerprint density at radius 3 is 2.52 bits per heavy atom. The fourth-order valence-electron chi connectivity index (χ4n) is 3.73. The van der Waals surface area contributed by atoms with Gasteiger partial charge in [-0.25, -0.2) is 4.79 Å². The van der Waals surface area contributed by atoms with Gasteiger partial charge in [0.25, 0.3) is 0 Å². The first kappa shape index (κ1) is 16.5. The van der Waals surface area contributed by atoms with Crippen LogP contribution in [0.5, 0.6) is 0 Å². The molecule has 0 unspecified atom stereocenters. The molecule has 0 bridgehead atoms. The standard InChI is InChI=1S/C16H28N4O3/c1-13-11-19(9-10-23-13)15(21)12-18-5-3-14(4-6-18)20-8-7-17(2)16(20)22/h13-14H,3-12H2,1-2H3/t13-/m1/s1. The van der Waals surface area contributed by atoms with Gasteiger partial charge in [0.1, 0.15) is 0 Å². The summed E-state index contributed by atoms with van der Waals surface area (Å²) in [5.41, 5.74) is 0. The highest BCUT2D eigenvalue weighted by molar-refractivity contribution is 5.78. The molecule has 0 radical (unpaired) electrons. The van der Waals surface area contributed by atoms with Crippen molar-refractivity contribution in [3.63, 3.8) is 0 Å². The van der Waals surface area contributed by atoms with Crippen molar-refractivity contribution in [2.45, 2.75) is 31.9 Å². The average Bonchev–Trinajstić information content (AvgIpc) is 2.88. The number of urea groups is 1. The highest BCUT2D eigenvalue weighted by Gasteiger charge is 2.34. The van der Waals surface area contributed by atoms with E-state index in [1.165, 1.54) is 0 Å². The van der Waals surface area contributed by atoms with Crippen molar-refractivity contribution >= 4 is 11.9 Å². The van der Waals surface area contributed by atoms with Gasteiger partial charge in [-0.15, -0.1) is 0 Å². The third-order valence-electron chi connectivity index (χ3n) is 5.20. The second kappa shape index (κ2) is 7.05. The second-order valence-corrected chi connectivity index (χ2v) is 6.93. The number of nitrogens with zero attached hydrogens (tertiary/aromatic N) is 4. The third kappa shape index (κ3) is 3.77. The molecule has 3 heterocycles. The molecule has 7 heteroatoms. The third-order valence-corrected chi connectivity index (χ3v) is 5.20. The number of morpholine rings is 1. The van der Waals surface area contributed by atoms with Crippen LogP contribution in [0.3, 0.4) is 0 Å². The molecule has 23 heavy (non-hydrogen) atoms. The molecule has 3 amide bonds. The van der Waals surface area contributed by atoms with Crippen molar-refractivity contribution in [3.05, 3.63) is 0 Å². The lowest BCUT2D eigenvalue weighted by Gasteiger charge is -2.37. The van der Waals surface area contributed by atoms with E-state index in [-0.39, 0.29) is 18.0 Å². The topological polar surface area (TPSA) is 56.3 Å². The first-order valence-corrected chi connectivity index (χ1v) is 8.68. The lowest BCUT2D eigenvalue weighted by atomic mass is 10.0.